The predicted octanol–water partition coefficient (Wildman–Crippen LogP) is 2.49. The zero-order valence-corrected chi connectivity index (χ0v) is 20.3. The average molecular weight is 470 g/mol. The van der Waals surface area contributed by atoms with Crippen molar-refractivity contribution in [3.63, 3.8) is 0 Å². The fraction of sp³-hybridized carbons (Fsp3) is 0.440. The summed E-state index contributed by atoms with van der Waals surface area (Å²) >= 11 is 0. The van der Waals surface area contributed by atoms with Crippen molar-refractivity contribution in [3.05, 3.63) is 64.7 Å². The van der Waals surface area contributed by atoms with Crippen LogP contribution in [-0.2, 0) is 26.2 Å². The number of benzene rings is 2. The highest BCUT2D eigenvalue weighted by atomic mass is 32.2. The second-order valence-electron chi connectivity index (χ2n) is 9.16. The topological polar surface area (TPSA) is 78.0 Å². The molecule has 2 aromatic carbocycles. The lowest BCUT2D eigenvalue weighted by Gasteiger charge is -2.35. The quantitative estimate of drug-likeness (QED) is 0.674. The number of sulfonamides is 1. The van der Waals surface area contributed by atoms with E-state index in [1.54, 1.807) is 28.9 Å². The Balaban J connectivity index is 1.35. The van der Waals surface area contributed by atoms with E-state index >= 15 is 0 Å². The zero-order valence-electron chi connectivity index (χ0n) is 19.5. The van der Waals surface area contributed by atoms with Crippen LogP contribution in [0, 0.1) is 26.7 Å². The van der Waals surface area contributed by atoms with E-state index in [-0.39, 0.29) is 37.2 Å². The smallest absolute Gasteiger partial charge is 0.243 e. The second-order valence-corrected chi connectivity index (χ2v) is 11.1. The molecular formula is C25H31N3O4S. The Morgan fingerprint density at radius 2 is 1.58 bits per heavy atom. The highest BCUT2D eigenvalue weighted by Crippen LogP contribution is 2.25. The summed E-state index contributed by atoms with van der Waals surface area (Å²) in [6, 6.07) is 13.4. The fourth-order valence-electron chi connectivity index (χ4n) is 4.64. The number of amides is 2. The zero-order chi connectivity index (χ0) is 23.8. The molecule has 2 amide bonds. The van der Waals surface area contributed by atoms with Crippen molar-refractivity contribution in [2.45, 2.75) is 38.6 Å². The third kappa shape index (κ3) is 4.96. The van der Waals surface area contributed by atoms with E-state index in [0.29, 0.717) is 31.1 Å². The number of carbonyl (C=O) groups is 2. The first-order chi connectivity index (χ1) is 15.6. The molecule has 4 rings (SSSR count). The van der Waals surface area contributed by atoms with Crippen LogP contribution < -0.4 is 0 Å². The first-order valence-corrected chi connectivity index (χ1v) is 12.8. The summed E-state index contributed by atoms with van der Waals surface area (Å²) in [7, 11) is -3.60. The van der Waals surface area contributed by atoms with E-state index in [1.807, 2.05) is 44.2 Å². The minimum atomic E-state index is -3.60. The van der Waals surface area contributed by atoms with Crippen LogP contribution in [0.5, 0.6) is 0 Å². The SMILES string of the molecule is Cc1ccc(CN2C[C@H](C(=O)N3CCN(S(=O)(=O)c4ccc(C)cc4C)CC3)CC2=O)cc1. The molecule has 176 valence electrons. The molecule has 8 heteroatoms. The minimum absolute atomic E-state index is 0.00927. The molecule has 2 aliphatic heterocycles. The van der Waals surface area contributed by atoms with Crippen LogP contribution in [0.3, 0.4) is 0 Å². The van der Waals surface area contributed by atoms with Gasteiger partial charge >= 0.3 is 0 Å². The fourth-order valence-corrected chi connectivity index (χ4v) is 6.27. The lowest BCUT2D eigenvalue weighted by atomic mass is 10.1. The van der Waals surface area contributed by atoms with Gasteiger partial charge in [0.1, 0.15) is 0 Å². The largest absolute Gasteiger partial charge is 0.340 e. The second kappa shape index (κ2) is 9.27. The van der Waals surface area contributed by atoms with E-state index in [0.717, 1.165) is 16.7 Å². The molecule has 0 aromatic heterocycles. The number of rotatable bonds is 5. The Morgan fingerprint density at radius 1 is 0.939 bits per heavy atom. The monoisotopic (exact) mass is 469 g/mol. The molecule has 0 aliphatic carbocycles. The van der Waals surface area contributed by atoms with E-state index < -0.39 is 10.0 Å². The van der Waals surface area contributed by atoms with Crippen LogP contribution >= 0.6 is 0 Å². The summed E-state index contributed by atoms with van der Waals surface area (Å²) in [5, 5.41) is 0. The Bertz CT molecular complexity index is 1150. The van der Waals surface area contributed by atoms with Crippen molar-refractivity contribution >= 4 is 21.8 Å². The normalized spacial score (nSPS) is 19.8. The highest BCUT2D eigenvalue weighted by molar-refractivity contribution is 7.89. The summed E-state index contributed by atoms with van der Waals surface area (Å²) in [5.74, 6) is -0.436. The van der Waals surface area contributed by atoms with Gasteiger partial charge in [-0.3, -0.25) is 9.59 Å². The van der Waals surface area contributed by atoms with Gasteiger partial charge in [-0.1, -0.05) is 47.5 Å². The van der Waals surface area contributed by atoms with Gasteiger partial charge in [0.2, 0.25) is 21.8 Å². The van der Waals surface area contributed by atoms with E-state index in [1.165, 1.54) is 9.87 Å². The van der Waals surface area contributed by atoms with E-state index in [2.05, 4.69) is 0 Å². The average Bonchev–Trinajstić information content (AvgIpc) is 3.14. The molecule has 7 nitrogen and oxygen atoms in total. The van der Waals surface area contributed by atoms with Crippen molar-refractivity contribution in [3.8, 4) is 0 Å². The molecule has 0 N–H and O–H groups in total. The molecule has 0 spiro atoms. The summed E-state index contributed by atoms with van der Waals surface area (Å²) in [6.45, 7) is 7.87. The standard InChI is InChI=1S/C25H31N3O4S/c1-18-4-7-21(8-5-18)16-27-17-22(15-24(27)29)25(30)26-10-12-28(13-11-26)33(31,32)23-9-6-19(2)14-20(23)3/h4-9,14,22H,10-13,15-17H2,1-3H3/t22-/m1/s1. The van der Waals surface area contributed by atoms with Crippen LogP contribution in [0.15, 0.2) is 47.4 Å². The van der Waals surface area contributed by atoms with E-state index in [9.17, 15) is 18.0 Å². The maximum absolute atomic E-state index is 13.1. The van der Waals surface area contributed by atoms with Crippen molar-refractivity contribution in [2.75, 3.05) is 32.7 Å². The maximum atomic E-state index is 13.1. The molecule has 2 aliphatic rings. The van der Waals surface area contributed by atoms with Gasteiger partial charge in [0, 0.05) is 45.7 Å². The predicted molar refractivity (Wildman–Crippen MR) is 126 cm³/mol. The molecule has 2 fully saturated rings. The van der Waals surface area contributed by atoms with Gasteiger partial charge in [-0.25, -0.2) is 8.42 Å². The molecular weight excluding hydrogens is 438 g/mol. The third-order valence-electron chi connectivity index (χ3n) is 6.56. The lowest BCUT2D eigenvalue weighted by molar-refractivity contribution is -0.137. The van der Waals surface area contributed by atoms with Crippen LogP contribution in [0.4, 0.5) is 0 Å². The van der Waals surface area contributed by atoms with E-state index in [4.69, 9.17) is 0 Å². The summed E-state index contributed by atoms with van der Waals surface area (Å²) in [5.41, 5.74) is 3.96. The molecule has 2 aromatic rings. The molecule has 33 heavy (non-hydrogen) atoms. The Morgan fingerprint density at radius 3 is 2.21 bits per heavy atom. The van der Waals surface area contributed by atoms with Gasteiger partial charge in [-0.05, 0) is 38.0 Å². The lowest BCUT2D eigenvalue weighted by Crippen LogP contribution is -2.52. The number of nitrogens with zero attached hydrogens (tertiary/aromatic N) is 3. The van der Waals surface area contributed by atoms with Crippen molar-refractivity contribution in [1.82, 2.24) is 14.1 Å². The Kier molecular flexibility index (Phi) is 6.59. The summed E-state index contributed by atoms with van der Waals surface area (Å²) in [4.78, 5) is 29.4. The van der Waals surface area contributed by atoms with Gasteiger partial charge in [-0.2, -0.15) is 4.31 Å². The number of carbonyl (C=O) groups excluding carboxylic acids is 2. The van der Waals surface area contributed by atoms with Gasteiger partial charge in [-0.15, -0.1) is 0 Å². The van der Waals surface area contributed by atoms with Gasteiger partial charge in [0.25, 0.3) is 0 Å². The molecule has 0 radical (unpaired) electrons. The van der Waals surface area contributed by atoms with Crippen LogP contribution in [-0.4, -0.2) is 67.1 Å². The van der Waals surface area contributed by atoms with Crippen LogP contribution in [0.25, 0.3) is 0 Å². The highest BCUT2D eigenvalue weighted by Gasteiger charge is 2.38. The van der Waals surface area contributed by atoms with Crippen molar-refractivity contribution < 1.29 is 18.0 Å². The molecule has 0 saturated carbocycles. The molecule has 1 atom stereocenters. The van der Waals surface area contributed by atoms with Gasteiger partial charge in [0.15, 0.2) is 0 Å². The van der Waals surface area contributed by atoms with Crippen LogP contribution in [0.2, 0.25) is 0 Å². The summed E-state index contributed by atoms with van der Waals surface area (Å²) in [6.07, 6.45) is 0.214. The number of aryl methyl sites for hydroxylation is 3. The van der Waals surface area contributed by atoms with Crippen LogP contribution in [0.1, 0.15) is 28.7 Å². The molecule has 2 heterocycles. The number of likely N-dealkylation sites (tertiary alicyclic amines) is 1. The maximum Gasteiger partial charge on any atom is 0.243 e. The van der Waals surface area contributed by atoms with Crippen molar-refractivity contribution in [1.29, 1.82) is 0 Å². The molecule has 0 bridgehead atoms. The Hall–Kier alpha value is -2.71. The van der Waals surface area contributed by atoms with Gasteiger partial charge < -0.3 is 9.80 Å². The third-order valence-corrected chi connectivity index (χ3v) is 8.62. The molecule has 2 saturated heterocycles. The Labute approximate surface area is 196 Å². The number of piperazine rings is 1. The molecule has 0 unspecified atom stereocenters. The summed E-state index contributed by atoms with van der Waals surface area (Å²) < 4.78 is 27.7. The first kappa shape index (κ1) is 23.4. The number of hydrogen-bond donors (Lipinski definition) is 0. The first-order valence-electron chi connectivity index (χ1n) is 11.3. The van der Waals surface area contributed by atoms with Crippen molar-refractivity contribution in [2.24, 2.45) is 5.92 Å². The van der Waals surface area contributed by atoms with Gasteiger partial charge in [0.05, 0.1) is 10.8 Å². The minimum Gasteiger partial charge on any atom is -0.340 e. The number of hydrogen-bond acceptors (Lipinski definition) is 4.